The summed E-state index contributed by atoms with van der Waals surface area (Å²) in [6.07, 6.45) is 7.38. The Bertz CT molecular complexity index is 987. The highest BCUT2D eigenvalue weighted by molar-refractivity contribution is 7.98. The van der Waals surface area contributed by atoms with Gasteiger partial charge in [-0.15, -0.1) is 11.8 Å². The van der Waals surface area contributed by atoms with Crippen molar-refractivity contribution < 1.29 is 9.13 Å². The van der Waals surface area contributed by atoms with Gasteiger partial charge in [0.1, 0.15) is 10.5 Å². The molecule has 2 fully saturated rings. The molecule has 0 radical (unpaired) electrons. The summed E-state index contributed by atoms with van der Waals surface area (Å²) in [6.45, 7) is 2.79. The van der Waals surface area contributed by atoms with Crippen LogP contribution in [-0.4, -0.2) is 46.1 Å². The Labute approximate surface area is 185 Å². The third-order valence-corrected chi connectivity index (χ3v) is 6.79. The summed E-state index contributed by atoms with van der Waals surface area (Å²) in [5, 5.41) is 0.907. The maximum Gasteiger partial charge on any atom is 0.317 e. The monoisotopic (exact) mass is 446 g/mol. The second-order valence-corrected chi connectivity index (χ2v) is 8.71. The molecule has 0 unspecified atom stereocenters. The van der Waals surface area contributed by atoms with Gasteiger partial charge in [-0.2, -0.15) is 9.97 Å². The van der Waals surface area contributed by atoms with Gasteiger partial charge in [-0.25, -0.2) is 9.37 Å². The van der Waals surface area contributed by atoms with Crippen molar-refractivity contribution in [3.05, 3.63) is 53.1 Å². The minimum absolute atomic E-state index is 0.101. The van der Waals surface area contributed by atoms with Crippen LogP contribution in [0.2, 0.25) is 5.15 Å². The highest BCUT2D eigenvalue weighted by Crippen LogP contribution is 2.32. The van der Waals surface area contributed by atoms with Crippen molar-refractivity contribution in [2.75, 3.05) is 20.2 Å². The molecule has 3 aromatic rings. The summed E-state index contributed by atoms with van der Waals surface area (Å²) in [5.41, 5.74) is 1.25. The molecular formula is C22H24ClFN4OS. The first-order chi connectivity index (χ1) is 14.7. The summed E-state index contributed by atoms with van der Waals surface area (Å²) in [5.74, 6) is 0.0295. The number of fused-ring (bicyclic) bond motifs is 2. The molecule has 2 aliphatic heterocycles. The normalized spacial score (nSPS) is 16.4. The van der Waals surface area contributed by atoms with Crippen molar-refractivity contribution in [1.82, 2.24) is 19.9 Å². The molecule has 158 valence electrons. The summed E-state index contributed by atoms with van der Waals surface area (Å²) in [6, 6.07) is 11.0. The summed E-state index contributed by atoms with van der Waals surface area (Å²) >= 11 is 7.18. The number of aromatic nitrogens is 3. The molecule has 0 aliphatic carbocycles. The zero-order valence-electron chi connectivity index (χ0n) is 16.9. The second-order valence-electron chi connectivity index (χ2n) is 7.39. The van der Waals surface area contributed by atoms with E-state index in [1.54, 1.807) is 0 Å². The maximum atomic E-state index is 14.1. The Morgan fingerprint density at radius 2 is 1.90 bits per heavy atom. The number of hydrogen-bond donors (Lipinski definition) is 0. The van der Waals surface area contributed by atoms with Gasteiger partial charge in [0.2, 0.25) is 0 Å². The number of hydrogen-bond acceptors (Lipinski definition) is 6. The fourth-order valence-corrected chi connectivity index (χ4v) is 5.04. The van der Waals surface area contributed by atoms with E-state index in [0.717, 1.165) is 11.6 Å². The van der Waals surface area contributed by atoms with Crippen LogP contribution in [0, 0.1) is 5.82 Å². The third kappa shape index (κ3) is 4.85. The van der Waals surface area contributed by atoms with Gasteiger partial charge in [-0.3, -0.25) is 0 Å². The molecule has 5 nitrogen and oxygen atoms in total. The van der Waals surface area contributed by atoms with Crippen molar-refractivity contribution in [2.45, 2.75) is 42.5 Å². The SMILES string of the molecule is C1CC2CCCN2C1.COc1nc(SCc2ccccc2)c2cnc(Cl)c(F)c2n1. The van der Waals surface area contributed by atoms with Crippen molar-refractivity contribution in [1.29, 1.82) is 0 Å². The van der Waals surface area contributed by atoms with E-state index in [1.807, 2.05) is 30.3 Å². The maximum absolute atomic E-state index is 14.1. The predicted molar refractivity (Wildman–Crippen MR) is 119 cm³/mol. The smallest absolute Gasteiger partial charge is 0.317 e. The fraction of sp³-hybridized carbons (Fsp3) is 0.409. The van der Waals surface area contributed by atoms with Crippen LogP contribution in [0.25, 0.3) is 10.9 Å². The minimum Gasteiger partial charge on any atom is -0.467 e. The zero-order valence-corrected chi connectivity index (χ0v) is 18.4. The van der Waals surface area contributed by atoms with Gasteiger partial charge in [-0.05, 0) is 44.3 Å². The van der Waals surface area contributed by atoms with E-state index in [0.29, 0.717) is 16.2 Å². The first kappa shape index (κ1) is 21.3. The van der Waals surface area contributed by atoms with Gasteiger partial charge in [0.05, 0.1) is 12.5 Å². The molecule has 2 saturated heterocycles. The van der Waals surface area contributed by atoms with Crippen LogP contribution in [0.4, 0.5) is 4.39 Å². The molecule has 0 atom stereocenters. The van der Waals surface area contributed by atoms with Crippen LogP contribution in [0.15, 0.2) is 41.6 Å². The number of ether oxygens (including phenoxy) is 1. The van der Waals surface area contributed by atoms with E-state index in [4.69, 9.17) is 16.3 Å². The highest BCUT2D eigenvalue weighted by atomic mass is 35.5. The van der Waals surface area contributed by atoms with Gasteiger partial charge in [-0.1, -0.05) is 41.9 Å². The number of pyridine rings is 1. The summed E-state index contributed by atoms with van der Waals surface area (Å²) < 4.78 is 19.2. The lowest BCUT2D eigenvalue weighted by Crippen LogP contribution is -2.21. The molecule has 5 rings (SSSR count). The largest absolute Gasteiger partial charge is 0.467 e. The topological polar surface area (TPSA) is 51.1 Å². The molecule has 0 saturated carbocycles. The van der Waals surface area contributed by atoms with Crippen molar-refractivity contribution >= 4 is 34.3 Å². The summed E-state index contributed by atoms with van der Waals surface area (Å²) in [4.78, 5) is 14.8. The van der Waals surface area contributed by atoms with Gasteiger partial charge in [0, 0.05) is 18.0 Å². The van der Waals surface area contributed by atoms with Gasteiger partial charge >= 0.3 is 6.01 Å². The van der Waals surface area contributed by atoms with E-state index in [9.17, 15) is 4.39 Å². The van der Waals surface area contributed by atoms with Crippen LogP contribution in [-0.2, 0) is 5.75 Å². The molecule has 8 heteroatoms. The van der Waals surface area contributed by atoms with E-state index in [2.05, 4.69) is 19.9 Å². The predicted octanol–water partition coefficient (Wildman–Crippen LogP) is 5.36. The number of rotatable bonds is 4. The molecular weight excluding hydrogens is 423 g/mol. The molecule has 0 bridgehead atoms. The van der Waals surface area contributed by atoms with Gasteiger partial charge in [0.15, 0.2) is 11.0 Å². The van der Waals surface area contributed by atoms with Crippen LogP contribution in [0.5, 0.6) is 6.01 Å². The molecule has 30 heavy (non-hydrogen) atoms. The van der Waals surface area contributed by atoms with E-state index in [-0.39, 0.29) is 16.7 Å². The Balaban J connectivity index is 0.000000225. The number of nitrogens with zero attached hydrogens (tertiary/aromatic N) is 4. The fourth-order valence-electron chi connectivity index (χ4n) is 3.96. The molecule has 2 aromatic heterocycles. The molecule has 0 spiro atoms. The van der Waals surface area contributed by atoms with Crippen molar-refractivity contribution in [3.8, 4) is 6.01 Å². The first-order valence-electron chi connectivity index (χ1n) is 10.1. The molecule has 2 aliphatic rings. The van der Waals surface area contributed by atoms with Crippen molar-refractivity contribution in [2.24, 2.45) is 0 Å². The number of methoxy groups -OCH3 is 1. The summed E-state index contributed by atoms with van der Waals surface area (Å²) in [7, 11) is 1.44. The first-order valence-corrected chi connectivity index (χ1v) is 11.5. The standard InChI is InChI=1S/C15H11ClFN3OS.C7H13N/c1-21-15-19-12-10(7-18-13(16)11(12)17)14(20-15)22-8-9-5-3-2-4-6-9;1-3-7-4-2-6-8(7)5-1/h2-7H,8H2,1H3;7H,1-6H2. The van der Waals surface area contributed by atoms with Crippen LogP contribution >= 0.6 is 23.4 Å². The highest BCUT2D eigenvalue weighted by Gasteiger charge is 2.27. The quantitative estimate of drug-likeness (QED) is 0.305. The average Bonchev–Trinajstić information content (AvgIpc) is 3.41. The van der Waals surface area contributed by atoms with Crippen LogP contribution in [0.1, 0.15) is 31.2 Å². The second kappa shape index (κ2) is 9.90. The lowest BCUT2D eigenvalue weighted by molar-refractivity contribution is 0.325. The lowest BCUT2D eigenvalue weighted by Gasteiger charge is -2.11. The molecule has 4 heterocycles. The Morgan fingerprint density at radius 3 is 2.57 bits per heavy atom. The van der Waals surface area contributed by atoms with Crippen molar-refractivity contribution in [3.63, 3.8) is 0 Å². The molecule has 1 aromatic carbocycles. The van der Waals surface area contributed by atoms with Gasteiger partial charge in [0.25, 0.3) is 0 Å². The van der Waals surface area contributed by atoms with Crippen LogP contribution < -0.4 is 4.74 Å². The molecule has 0 N–H and O–H groups in total. The Morgan fingerprint density at radius 1 is 1.17 bits per heavy atom. The van der Waals surface area contributed by atoms with E-state index < -0.39 is 5.82 Å². The number of benzene rings is 1. The Hall–Kier alpha value is -1.96. The van der Waals surface area contributed by atoms with E-state index >= 15 is 0 Å². The average molecular weight is 447 g/mol. The number of thioether (sulfide) groups is 1. The lowest BCUT2D eigenvalue weighted by atomic mass is 10.2. The zero-order chi connectivity index (χ0) is 20.9. The Kier molecular flexibility index (Phi) is 7.02. The van der Waals surface area contributed by atoms with Crippen LogP contribution in [0.3, 0.4) is 0 Å². The van der Waals surface area contributed by atoms with Gasteiger partial charge < -0.3 is 9.64 Å². The number of halogens is 2. The third-order valence-electron chi connectivity index (χ3n) is 5.47. The molecule has 0 amide bonds. The minimum atomic E-state index is -0.665. The van der Waals surface area contributed by atoms with E-state index in [1.165, 1.54) is 63.8 Å².